The Morgan fingerprint density at radius 2 is 2.38 bits per heavy atom. The van der Waals surface area contributed by atoms with Gasteiger partial charge < -0.3 is 5.11 Å². The second kappa shape index (κ2) is 4.51. The maximum absolute atomic E-state index is 11.3. The van der Waals surface area contributed by atoms with Gasteiger partial charge in [-0.3, -0.25) is 14.7 Å². The molecule has 1 N–H and O–H groups in total. The Bertz CT molecular complexity index is 481. The maximum atomic E-state index is 11.3. The summed E-state index contributed by atoms with van der Waals surface area (Å²) in [5.41, 5.74) is -1.24. The summed E-state index contributed by atoms with van der Waals surface area (Å²) in [6.45, 7) is 1.56. The summed E-state index contributed by atoms with van der Waals surface area (Å²) in [5.74, 6) is -1.23. The average molecular weight is 227 g/mol. The zero-order valence-electron chi connectivity index (χ0n) is 8.36. The molecule has 0 spiro atoms. The number of aromatic nitrogens is 2. The lowest BCUT2D eigenvalue weighted by atomic mass is 10.2. The van der Waals surface area contributed by atoms with E-state index in [1.165, 1.54) is 0 Å². The van der Waals surface area contributed by atoms with E-state index < -0.39 is 28.3 Å². The zero-order valence-corrected chi connectivity index (χ0v) is 8.36. The Kier molecular flexibility index (Phi) is 3.33. The van der Waals surface area contributed by atoms with E-state index in [0.29, 0.717) is 0 Å². The Morgan fingerprint density at radius 3 is 2.81 bits per heavy atom. The van der Waals surface area contributed by atoms with Crippen molar-refractivity contribution >= 4 is 11.7 Å². The highest BCUT2D eigenvalue weighted by atomic mass is 16.6. The van der Waals surface area contributed by atoms with Crippen LogP contribution in [-0.4, -0.2) is 25.6 Å². The minimum absolute atomic E-state index is 0.137. The standard InChI is InChI=1S/C8H9N3O5/c1-2-6(7(12)13)10-4-5(11(15)16)3-9-8(10)14/h3-4,6H,2H2,1H3,(H,12,13). The number of carboxylic acids is 1. The van der Waals surface area contributed by atoms with Gasteiger partial charge in [0.25, 0.3) is 0 Å². The molecule has 0 bridgehead atoms. The molecule has 0 aliphatic heterocycles. The lowest BCUT2D eigenvalue weighted by molar-refractivity contribution is -0.385. The van der Waals surface area contributed by atoms with Crippen LogP contribution in [0.5, 0.6) is 0 Å². The molecule has 0 aliphatic rings. The van der Waals surface area contributed by atoms with Crippen molar-refractivity contribution in [3.63, 3.8) is 0 Å². The van der Waals surface area contributed by atoms with Gasteiger partial charge in [0.1, 0.15) is 12.2 Å². The summed E-state index contributed by atoms with van der Waals surface area (Å²) in [6, 6.07) is -1.14. The fourth-order valence-corrected chi connectivity index (χ4v) is 1.23. The van der Waals surface area contributed by atoms with Crippen LogP contribution in [0.4, 0.5) is 5.69 Å². The molecule has 0 amide bonds. The van der Waals surface area contributed by atoms with Gasteiger partial charge in [0.05, 0.1) is 11.1 Å². The number of nitrogens with zero attached hydrogens (tertiary/aromatic N) is 3. The summed E-state index contributed by atoms with van der Waals surface area (Å²) in [6.07, 6.45) is 1.82. The number of nitro groups is 1. The van der Waals surface area contributed by atoms with Gasteiger partial charge >= 0.3 is 17.3 Å². The van der Waals surface area contributed by atoms with Crippen molar-refractivity contribution in [1.82, 2.24) is 9.55 Å². The number of hydrogen-bond donors (Lipinski definition) is 1. The van der Waals surface area contributed by atoms with Crippen LogP contribution in [0.15, 0.2) is 17.2 Å². The van der Waals surface area contributed by atoms with Gasteiger partial charge in [-0.1, -0.05) is 6.92 Å². The van der Waals surface area contributed by atoms with Crippen LogP contribution in [0.1, 0.15) is 19.4 Å². The molecule has 0 saturated heterocycles. The first-order valence-corrected chi connectivity index (χ1v) is 4.42. The third-order valence-corrected chi connectivity index (χ3v) is 2.02. The Morgan fingerprint density at radius 1 is 1.75 bits per heavy atom. The maximum Gasteiger partial charge on any atom is 0.348 e. The van der Waals surface area contributed by atoms with Crippen molar-refractivity contribution < 1.29 is 14.8 Å². The van der Waals surface area contributed by atoms with Gasteiger partial charge in [0, 0.05) is 0 Å². The van der Waals surface area contributed by atoms with Crippen LogP contribution in [0, 0.1) is 10.1 Å². The van der Waals surface area contributed by atoms with Crippen LogP contribution in [0.25, 0.3) is 0 Å². The minimum Gasteiger partial charge on any atom is -0.480 e. The molecule has 8 heteroatoms. The van der Waals surface area contributed by atoms with Gasteiger partial charge in [-0.25, -0.2) is 9.59 Å². The molecule has 86 valence electrons. The minimum atomic E-state index is -1.23. The lowest BCUT2D eigenvalue weighted by Gasteiger charge is -2.11. The Labute approximate surface area is 89.3 Å². The highest BCUT2D eigenvalue weighted by molar-refractivity contribution is 5.71. The molecule has 1 aromatic rings. The van der Waals surface area contributed by atoms with Crippen molar-refractivity contribution in [2.45, 2.75) is 19.4 Å². The number of carboxylic acid groups (broad SMARTS) is 1. The van der Waals surface area contributed by atoms with Crippen LogP contribution >= 0.6 is 0 Å². The smallest absolute Gasteiger partial charge is 0.348 e. The SMILES string of the molecule is CCC(C(=O)O)n1cc([N+](=O)[O-])cnc1=O. The van der Waals surface area contributed by atoms with Crippen LogP contribution in [0.2, 0.25) is 0 Å². The van der Waals surface area contributed by atoms with E-state index in [0.717, 1.165) is 17.0 Å². The van der Waals surface area contributed by atoms with Crippen LogP contribution in [-0.2, 0) is 4.79 Å². The first kappa shape index (κ1) is 11.8. The summed E-state index contributed by atoms with van der Waals surface area (Å²) in [5, 5.41) is 19.3. The summed E-state index contributed by atoms with van der Waals surface area (Å²) < 4.78 is 0.750. The molecule has 0 fully saturated rings. The summed E-state index contributed by atoms with van der Waals surface area (Å²) >= 11 is 0. The van der Waals surface area contributed by atoms with E-state index >= 15 is 0 Å². The zero-order chi connectivity index (χ0) is 12.3. The van der Waals surface area contributed by atoms with E-state index in [1.54, 1.807) is 6.92 Å². The van der Waals surface area contributed by atoms with Gasteiger partial charge in [0.15, 0.2) is 0 Å². The molecule has 0 radical (unpaired) electrons. The summed E-state index contributed by atoms with van der Waals surface area (Å²) in [7, 11) is 0. The monoisotopic (exact) mass is 227 g/mol. The highest BCUT2D eigenvalue weighted by Crippen LogP contribution is 2.12. The second-order valence-electron chi connectivity index (χ2n) is 3.02. The lowest BCUT2D eigenvalue weighted by Crippen LogP contribution is -2.30. The summed E-state index contributed by atoms with van der Waals surface area (Å²) in [4.78, 5) is 35.0. The molecule has 0 aliphatic carbocycles. The van der Waals surface area contributed by atoms with E-state index in [9.17, 15) is 19.7 Å². The van der Waals surface area contributed by atoms with Gasteiger partial charge in [-0.2, -0.15) is 4.98 Å². The fraction of sp³-hybridized carbons (Fsp3) is 0.375. The average Bonchev–Trinajstić information content (AvgIpc) is 2.20. The number of carbonyl (C=O) groups is 1. The Hall–Kier alpha value is -2.25. The van der Waals surface area contributed by atoms with Crippen molar-refractivity contribution in [1.29, 1.82) is 0 Å². The second-order valence-corrected chi connectivity index (χ2v) is 3.02. The number of aliphatic carboxylic acids is 1. The molecule has 1 aromatic heterocycles. The first-order valence-electron chi connectivity index (χ1n) is 4.42. The van der Waals surface area contributed by atoms with Crippen molar-refractivity contribution in [3.05, 3.63) is 33.0 Å². The highest BCUT2D eigenvalue weighted by Gasteiger charge is 2.21. The van der Waals surface area contributed by atoms with Gasteiger partial charge in [-0.15, -0.1) is 0 Å². The molecule has 8 nitrogen and oxygen atoms in total. The molecule has 1 atom stereocenters. The van der Waals surface area contributed by atoms with Crippen molar-refractivity contribution in [2.24, 2.45) is 0 Å². The molecule has 1 unspecified atom stereocenters. The number of rotatable bonds is 4. The molecule has 1 heterocycles. The predicted octanol–water partition coefficient (Wildman–Crippen LogP) is 0.187. The first-order chi connectivity index (χ1) is 7.47. The molecular weight excluding hydrogens is 218 g/mol. The van der Waals surface area contributed by atoms with Gasteiger partial charge in [0.2, 0.25) is 0 Å². The molecule has 16 heavy (non-hydrogen) atoms. The molecule has 1 rings (SSSR count). The third-order valence-electron chi connectivity index (χ3n) is 2.02. The molecule has 0 saturated carbocycles. The van der Waals surface area contributed by atoms with E-state index in [4.69, 9.17) is 5.11 Å². The quantitative estimate of drug-likeness (QED) is 0.579. The predicted molar refractivity (Wildman–Crippen MR) is 52.1 cm³/mol. The largest absolute Gasteiger partial charge is 0.480 e. The topological polar surface area (TPSA) is 115 Å². The van der Waals surface area contributed by atoms with Crippen molar-refractivity contribution in [3.8, 4) is 0 Å². The normalized spacial score (nSPS) is 12.1. The van der Waals surface area contributed by atoms with Crippen LogP contribution < -0.4 is 5.69 Å². The fourth-order valence-electron chi connectivity index (χ4n) is 1.23. The molecular formula is C8H9N3O5. The Balaban J connectivity index is 3.31. The number of hydrogen-bond acceptors (Lipinski definition) is 5. The van der Waals surface area contributed by atoms with Crippen LogP contribution in [0.3, 0.4) is 0 Å². The van der Waals surface area contributed by atoms with Crippen molar-refractivity contribution in [2.75, 3.05) is 0 Å². The van der Waals surface area contributed by atoms with Gasteiger partial charge in [-0.05, 0) is 6.42 Å². The molecule has 0 aromatic carbocycles. The third kappa shape index (κ3) is 2.22. The van der Waals surface area contributed by atoms with E-state index in [2.05, 4.69) is 4.98 Å². The van der Waals surface area contributed by atoms with E-state index in [-0.39, 0.29) is 6.42 Å². The van der Waals surface area contributed by atoms with E-state index in [1.807, 2.05) is 0 Å².